The van der Waals surface area contributed by atoms with Gasteiger partial charge in [0.05, 0.1) is 10.6 Å². The molecule has 0 bridgehead atoms. The molecule has 4 aliphatic rings. The Morgan fingerprint density at radius 3 is 2.40 bits per heavy atom. The molecule has 0 spiro atoms. The van der Waals surface area contributed by atoms with Gasteiger partial charge in [-0.15, -0.1) is 0 Å². The Hall–Kier alpha value is -3.12. The molecular formula is C34H42ClN5O3. The molecule has 3 heterocycles. The average molecular weight is 604 g/mol. The monoisotopic (exact) mass is 603 g/mol. The van der Waals surface area contributed by atoms with Gasteiger partial charge in [0.25, 0.3) is 11.8 Å². The summed E-state index contributed by atoms with van der Waals surface area (Å²) in [4.78, 5) is 33.6. The standard InChI is InChI=1S/C34H42ClN5O3/c1-33(2)31(34(3,4)32(33)43-26-7-5-24(19-36)28(35)18-26)40-21-25-17-23(6-8-27(25)30(40)42)29(41)39-15-13-38(14-16-39)20-22-9-11-37-12-10-22/h5-8,17-18,22,31-32,37H,9-16,20-21H2,1-4H3/t31-,32-. The molecule has 1 N–H and O–H groups in total. The van der Waals surface area contributed by atoms with E-state index in [2.05, 4.69) is 44.0 Å². The second-order valence-corrected chi connectivity index (χ2v) is 14.3. The molecule has 0 unspecified atom stereocenters. The van der Waals surface area contributed by atoms with E-state index in [-0.39, 0.29) is 34.8 Å². The average Bonchev–Trinajstić information content (AvgIpc) is 3.30. The first-order valence-corrected chi connectivity index (χ1v) is 15.9. The fraction of sp³-hybridized carbons (Fsp3) is 0.559. The summed E-state index contributed by atoms with van der Waals surface area (Å²) in [6, 6.07) is 12.7. The zero-order valence-corrected chi connectivity index (χ0v) is 26.4. The van der Waals surface area contributed by atoms with Crippen LogP contribution < -0.4 is 10.1 Å². The van der Waals surface area contributed by atoms with E-state index in [0.29, 0.717) is 34.0 Å². The lowest BCUT2D eigenvalue weighted by molar-refractivity contribution is -0.199. The van der Waals surface area contributed by atoms with E-state index < -0.39 is 0 Å². The van der Waals surface area contributed by atoms with Gasteiger partial charge in [0.15, 0.2) is 0 Å². The van der Waals surface area contributed by atoms with Crippen LogP contribution in [0.5, 0.6) is 5.75 Å². The molecule has 2 aromatic carbocycles. The Labute approximate surface area is 259 Å². The van der Waals surface area contributed by atoms with Crippen LogP contribution in [0, 0.1) is 28.1 Å². The number of nitriles is 1. The number of rotatable bonds is 6. The Kier molecular flexibility index (Phi) is 7.95. The van der Waals surface area contributed by atoms with Crippen molar-refractivity contribution >= 4 is 23.4 Å². The number of carbonyl (C=O) groups excluding carboxylic acids is 2. The van der Waals surface area contributed by atoms with Crippen molar-refractivity contribution in [3.05, 3.63) is 63.7 Å². The minimum atomic E-state index is -0.339. The zero-order valence-electron chi connectivity index (χ0n) is 25.7. The molecule has 3 fully saturated rings. The summed E-state index contributed by atoms with van der Waals surface area (Å²) in [6.45, 7) is 15.7. The summed E-state index contributed by atoms with van der Waals surface area (Å²) in [7, 11) is 0. The van der Waals surface area contributed by atoms with Crippen molar-refractivity contribution in [2.75, 3.05) is 45.8 Å². The first kappa shape index (κ1) is 29.9. The second kappa shape index (κ2) is 11.4. The third-order valence-corrected chi connectivity index (χ3v) is 10.5. The van der Waals surface area contributed by atoms with Gasteiger partial charge in [-0.3, -0.25) is 14.5 Å². The number of piperidine rings is 1. The summed E-state index contributed by atoms with van der Waals surface area (Å²) in [6.07, 6.45) is 2.30. The maximum Gasteiger partial charge on any atom is 0.254 e. The number of halogens is 1. The molecule has 228 valence electrons. The van der Waals surface area contributed by atoms with Gasteiger partial charge in [-0.25, -0.2) is 0 Å². The van der Waals surface area contributed by atoms with Crippen LogP contribution in [0.2, 0.25) is 5.02 Å². The Morgan fingerprint density at radius 2 is 1.74 bits per heavy atom. The molecule has 1 saturated carbocycles. The quantitative estimate of drug-likeness (QED) is 0.510. The molecule has 2 aromatic rings. The summed E-state index contributed by atoms with van der Waals surface area (Å²) < 4.78 is 6.44. The first-order valence-electron chi connectivity index (χ1n) is 15.5. The van der Waals surface area contributed by atoms with Crippen molar-refractivity contribution in [1.29, 1.82) is 5.26 Å². The summed E-state index contributed by atoms with van der Waals surface area (Å²) >= 11 is 6.26. The Morgan fingerprint density at radius 1 is 1.05 bits per heavy atom. The van der Waals surface area contributed by atoms with Gasteiger partial charge in [0, 0.05) is 73.3 Å². The van der Waals surface area contributed by atoms with Gasteiger partial charge in [-0.2, -0.15) is 5.26 Å². The van der Waals surface area contributed by atoms with Gasteiger partial charge in [0.2, 0.25) is 0 Å². The first-order chi connectivity index (χ1) is 20.5. The molecule has 1 aliphatic carbocycles. The van der Waals surface area contributed by atoms with Crippen molar-refractivity contribution in [1.82, 2.24) is 20.0 Å². The van der Waals surface area contributed by atoms with Crippen molar-refractivity contribution in [3.63, 3.8) is 0 Å². The number of ether oxygens (including phenoxy) is 1. The normalized spacial score (nSPS) is 25.2. The summed E-state index contributed by atoms with van der Waals surface area (Å²) in [5.74, 6) is 1.42. The highest BCUT2D eigenvalue weighted by atomic mass is 35.5. The van der Waals surface area contributed by atoms with Gasteiger partial charge < -0.3 is 19.9 Å². The number of benzene rings is 2. The number of nitrogens with zero attached hydrogens (tertiary/aromatic N) is 4. The highest BCUT2D eigenvalue weighted by Crippen LogP contribution is 2.59. The predicted molar refractivity (Wildman–Crippen MR) is 166 cm³/mol. The Bertz CT molecular complexity index is 1440. The molecule has 43 heavy (non-hydrogen) atoms. The van der Waals surface area contributed by atoms with E-state index in [9.17, 15) is 14.9 Å². The third kappa shape index (κ3) is 5.41. The molecular weight excluding hydrogens is 562 g/mol. The largest absolute Gasteiger partial charge is 0.489 e. The fourth-order valence-electron chi connectivity index (χ4n) is 8.44. The SMILES string of the molecule is CC1(C)[C@H](Oc2ccc(C#N)c(Cl)c2)C(C)(C)[C@H]1N1Cc2cc(C(=O)N3CCN(CC4CCNCC4)CC3)ccc2C1=O. The molecule has 6 rings (SSSR count). The molecule has 8 nitrogen and oxygen atoms in total. The van der Waals surface area contributed by atoms with E-state index in [1.165, 1.54) is 12.8 Å². The van der Waals surface area contributed by atoms with E-state index in [1.54, 1.807) is 18.2 Å². The van der Waals surface area contributed by atoms with E-state index in [4.69, 9.17) is 16.3 Å². The second-order valence-electron chi connectivity index (χ2n) is 13.9. The predicted octanol–water partition coefficient (Wildman–Crippen LogP) is 4.81. The minimum absolute atomic E-state index is 0.00606. The van der Waals surface area contributed by atoms with E-state index >= 15 is 0 Å². The number of amides is 2. The molecule has 3 aliphatic heterocycles. The van der Waals surface area contributed by atoms with Crippen molar-refractivity contribution in [2.24, 2.45) is 16.7 Å². The number of carbonyl (C=O) groups is 2. The van der Waals surface area contributed by atoms with E-state index in [0.717, 1.165) is 57.3 Å². The topological polar surface area (TPSA) is 88.9 Å². The molecule has 0 aromatic heterocycles. The van der Waals surface area contributed by atoms with Gasteiger partial charge in [0.1, 0.15) is 17.9 Å². The number of hydrogen-bond acceptors (Lipinski definition) is 6. The van der Waals surface area contributed by atoms with Crippen LogP contribution in [0.1, 0.15) is 72.4 Å². The van der Waals surface area contributed by atoms with Gasteiger partial charge >= 0.3 is 0 Å². The van der Waals surface area contributed by atoms with Gasteiger partial charge in [-0.1, -0.05) is 39.3 Å². The number of piperazine rings is 1. The highest BCUT2D eigenvalue weighted by Gasteiger charge is 2.67. The Balaban J connectivity index is 1.11. The lowest BCUT2D eigenvalue weighted by Crippen LogP contribution is -2.74. The lowest BCUT2D eigenvalue weighted by Gasteiger charge is -2.65. The highest BCUT2D eigenvalue weighted by molar-refractivity contribution is 6.31. The molecule has 0 atom stereocenters. The molecule has 2 amide bonds. The third-order valence-electron chi connectivity index (χ3n) is 10.2. The van der Waals surface area contributed by atoms with Crippen molar-refractivity contribution in [2.45, 2.75) is 59.2 Å². The van der Waals surface area contributed by atoms with Crippen LogP contribution in [0.3, 0.4) is 0 Å². The van der Waals surface area contributed by atoms with Crippen LogP contribution >= 0.6 is 11.6 Å². The number of hydrogen-bond donors (Lipinski definition) is 1. The molecule has 9 heteroatoms. The van der Waals surface area contributed by atoms with Crippen molar-refractivity contribution < 1.29 is 14.3 Å². The van der Waals surface area contributed by atoms with Gasteiger partial charge in [-0.05, 0) is 67.7 Å². The maximum atomic E-state index is 13.7. The molecule has 0 radical (unpaired) electrons. The van der Waals surface area contributed by atoms with Crippen molar-refractivity contribution in [3.8, 4) is 11.8 Å². The van der Waals surface area contributed by atoms with Crippen LogP contribution in [0.25, 0.3) is 0 Å². The zero-order chi connectivity index (χ0) is 30.5. The molecule has 2 saturated heterocycles. The lowest BCUT2D eigenvalue weighted by atomic mass is 9.49. The van der Waals surface area contributed by atoms with Crippen LogP contribution in [-0.2, 0) is 6.54 Å². The van der Waals surface area contributed by atoms with Crippen LogP contribution in [0.4, 0.5) is 0 Å². The van der Waals surface area contributed by atoms with Crippen LogP contribution in [-0.4, -0.2) is 84.5 Å². The number of fused-ring (bicyclic) bond motifs is 1. The fourth-order valence-corrected chi connectivity index (χ4v) is 8.65. The summed E-state index contributed by atoms with van der Waals surface area (Å²) in [5, 5.41) is 13.0. The van der Waals surface area contributed by atoms with Crippen LogP contribution in [0.15, 0.2) is 36.4 Å². The maximum absolute atomic E-state index is 13.7. The van der Waals surface area contributed by atoms with E-state index in [1.807, 2.05) is 28.0 Å². The minimum Gasteiger partial charge on any atom is -0.489 e. The summed E-state index contributed by atoms with van der Waals surface area (Å²) in [5.41, 5.74) is 1.98. The number of nitrogens with one attached hydrogen (secondary N) is 1. The smallest absolute Gasteiger partial charge is 0.254 e.